The van der Waals surface area contributed by atoms with Gasteiger partial charge in [0.15, 0.2) is 11.6 Å². The maximum atomic E-state index is 4.72. The number of aromatic nitrogens is 5. The lowest BCUT2D eigenvalue weighted by atomic mass is 10.2. The van der Waals surface area contributed by atoms with E-state index in [1.807, 2.05) is 48.0 Å². The zero-order valence-corrected chi connectivity index (χ0v) is 11.5. The largest absolute Gasteiger partial charge is 0.343 e. The number of nitrogens with one attached hydrogen (secondary N) is 1. The van der Waals surface area contributed by atoms with Crippen molar-refractivity contribution in [1.29, 1.82) is 0 Å². The molecule has 3 heterocycles. The molecular formula is C16H13N5. The fourth-order valence-electron chi connectivity index (χ4n) is 2.42. The van der Waals surface area contributed by atoms with Gasteiger partial charge in [-0.1, -0.05) is 30.3 Å². The molecule has 0 atom stereocenters. The van der Waals surface area contributed by atoms with E-state index in [-0.39, 0.29) is 0 Å². The summed E-state index contributed by atoms with van der Waals surface area (Å²) in [5, 5.41) is 0.991. The highest BCUT2D eigenvalue weighted by atomic mass is 15.1. The number of hydrogen-bond acceptors (Lipinski definition) is 3. The molecule has 0 amide bonds. The lowest BCUT2D eigenvalue weighted by molar-refractivity contribution is 0.996. The summed E-state index contributed by atoms with van der Waals surface area (Å²) in [7, 11) is 0. The van der Waals surface area contributed by atoms with Crippen LogP contribution in [0.5, 0.6) is 0 Å². The number of rotatable bonds is 2. The summed E-state index contributed by atoms with van der Waals surface area (Å²) in [6, 6.07) is 12.0. The summed E-state index contributed by atoms with van der Waals surface area (Å²) in [6.07, 6.45) is 5.38. The zero-order valence-electron chi connectivity index (χ0n) is 11.5. The minimum atomic E-state index is 0.702. The number of aromatic amines is 1. The van der Waals surface area contributed by atoms with Crippen molar-refractivity contribution in [2.75, 3.05) is 0 Å². The fraction of sp³-hybridized carbons (Fsp3) is 0.0625. The average Bonchev–Trinajstić information content (AvgIpc) is 3.15. The average molecular weight is 275 g/mol. The van der Waals surface area contributed by atoms with Crippen molar-refractivity contribution >= 4 is 11.0 Å². The Kier molecular flexibility index (Phi) is 2.57. The molecule has 0 aliphatic rings. The van der Waals surface area contributed by atoms with E-state index in [1.54, 1.807) is 12.5 Å². The van der Waals surface area contributed by atoms with Crippen LogP contribution in [0.3, 0.4) is 0 Å². The molecule has 5 heteroatoms. The molecular weight excluding hydrogens is 262 g/mol. The van der Waals surface area contributed by atoms with Gasteiger partial charge in [-0.15, -0.1) is 0 Å². The van der Waals surface area contributed by atoms with Crippen LogP contribution in [0, 0.1) is 6.92 Å². The molecule has 0 fully saturated rings. The molecule has 1 aromatic carbocycles. The molecule has 0 spiro atoms. The van der Waals surface area contributed by atoms with Gasteiger partial charge in [0.2, 0.25) is 0 Å². The summed E-state index contributed by atoms with van der Waals surface area (Å²) in [5.74, 6) is 1.54. The zero-order chi connectivity index (χ0) is 14.2. The lowest BCUT2D eigenvalue weighted by Crippen LogP contribution is -1.99. The van der Waals surface area contributed by atoms with Crippen LogP contribution in [0.15, 0.2) is 55.1 Å². The lowest BCUT2D eigenvalue weighted by Gasteiger charge is -2.06. The third-order valence-electron chi connectivity index (χ3n) is 3.38. The molecule has 0 unspecified atom stereocenters. The SMILES string of the molecule is Cc1cc2c(-n3ccnc3)nc(-c3ccccc3)nc2[nH]1. The van der Waals surface area contributed by atoms with Gasteiger partial charge in [-0.25, -0.2) is 15.0 Å². The molecule has 21 heavy (non-hydrogen) atoms. The van der Waals surface area contributed by atoms with E-state index in [0.29, 0.717) is 5.82 Å². The summed E-state index contributed by atoms with van der Waals surface area (Å²) in [5.41, 5.74) is 2.89. The number of benzene rings is 1. The van der Waals surface area contributed by atoms with Crippen LogP contribution in [-0.4, -0.2) is 24.5 Å². The Morgan fingerprint density at radius 3 is 2.71 bits per heavy atom. The van der Waals surface area contributed by atoms with Crippen LogP contribution in [0.2, 0.25) is 0 Å². The van der Waals surface area contributed by atoms with E-state index in [2.05, 4.69) is 21.0 Å². The first-order valence-corrected chi connectivity index (χ1v) is 6.72. The second kappa shape index (κ2) is 4.56. The van der Waals surface area contributed by atoms with Crippen molar-refractivity contribution < 1.29 is 0 Å². The quantitative estimate of drug-likeness (QED) is 0.611. The van der Waals surface area contributed by atoms with E-state index in [0.717, 1.165) is 28.1 Å². The predicted octanol–water partition coefficient (Wildman–Crippen LogP) is 3.12. The van der Waals surface area contributed by atoms with Crippen LogP contribution < -0.4 is 0 Å². The third kappa shape index (κ3) is 1.99. The second-order valence-corrected chi connectivity index (χ2v) is 4.92. The molecule has 0 saturated heterocycles. The van der Waals surface area contributed by atoms with Gasteiger partial charge >= 0.3 is 0 Å². The van der Waals surface area contributed by atoms with Gasteiger partial charge in [-0.3, -0.25) is 4.57 Å². The predicted molar refractivity (Wildman–Crippen MR) is 81.2 cm³/mol. The number of nitrogens with zero attached hydrogens (tertiary/aromatic N) is 4. The Morgan fingerprint density at radius 2 is 1.95 bits per heavy atom. The molecule has 0 bridgehead atoms. The van der Waals surface area contributed by atoms with Gasteiger partial charge in [0.05, 0.1) is 5.39 Å². The molecule has 0 aliphatic carbocycles. The molecule has 3 aromatic heterocycles. The summed E-state index contributed by atoms with van der Waals surface area (Å²) in [4.78, 5) is 16.7. The third-order valence-corrected chi connectivity index (χ3v) is 3.38. The van der Waals surface area contributed by atoms with Crippen LogP contribution in [-0.2, 0) is 0 Å². The number of hydrogen-bond donors (Lipinski definition) is 1. The van der Waals surface area contributed by atoms with Crippen molar-refractivity contribution in [2.45, 2.75) is 6.92 Å². The van der Waals surface area contributed by atoms with Gasteiger partial charge in [-0.2, -0.15) is 0 Å². The van der Waals surface area contributed by atoms with Crippen molar-refractivity contribution in [1.82, 2.24) is 24.5 Å². The Hall–Kier alpha value is -2.95. The van der Waals surface area contributed by atoms with E-state index < -0.39 is 0 Å². The van der Waals surface area contributed by atoms with E-state index in [4.69, 9.17) is 4.98 Å². The number of aryl methyl sites for hydroxylation is 1. The molecule has 5 nitrogen and oxygen atoms in total. The Balaban J connectivity index is 2.02. The van der Waals surface area contributed by atoms with Gasteiger partial charge < -0.3 is 4.98 Å². The van der Waals surface area contributed by atoms with Gasteiger partial charge in [-0.05, 0) is 13.0 Å². The van der Waals surface area contributed by atoms with Crippen LogP contribution >= 0.6 is 0 Å². The number of imidazole rings is 1. The number of fused-ring (bicyclic) bond motifs is 1. The molecule has 0 saturated carbocycles. The van der Waals surface area contributed by atoms with Crippen LogP contribution in [0.25, 0.3) is 28.2 Å². The van der Waals surface area contributed by atoms with E-state index in [1.165, 1.54) is 0 Å². The molecule has 0 radical (unpaired) electrons. The molecule has 4 rings (SSSR count). The van der Waals surface area contributed by atoms with Gasteiger partial charge in [0.1, 0.15) is 12.0 Å². The summed E-state index contributed by atoms with van der Waals surface area (Å²) >= 11 is 0. The molecule has 0 aliphatic heterocycles. The molecule has 102 valence electrons. The molecule has 1 N–H and O–H groups in total. The second-order valence-electron chi connectivity index (χ2n) is 4.92. The monoisotopic (exact) mass is 275 g/mol. The minimum absolute atomic E-state index is 0.702. The Labute approximate surface area is 121 Å². The van der Waals surface area contributed by atoms with Crippen molar-refractivity contribution in [3.05, 3.63) is 60.8 Å². The maximum absolute atomic E-state index is 4.72. The van der Waals surface area contributed by atoms with Crippen LogP contribution in [0.4, 0.5) is 0 Å². The van der Waals surface area contributed by atoms with Crippen molar-refractivity contribution in [3.63, 3.8) is 0 Å². The maximum Gasteiger partial charge on any atom is 0.163 e. The molecule has 4 aromatic rings. The first-order valence-electron chi connectivity index (χ1n) is 6.72. The highest BCUT2D eigenvalue weighted by Gasteiger charge is 2.12. The highest BCUT2D eigenvalue weighted by Crippen LogP contribution is 2.24. The normalized spacial score (nSPS) is 11.1. The first kappa shape index (κ1) is 11.8. The standard InChI is InChI=1S/C16H13N5/c1-11-9-13-15(18-11)19-14(12-5-3-2-4-6-12)20-16(13)21-8-7-17-10-21/h2-10H,1H3,(H,18,19,20). The smallest absolute Gasteiger partial charge is 0.163 e. The minimum Gasteiger partial charge on any atom is -0.343 e. The van der Waals surface area contributed by atoms with Crippen molar-refractivity contribution in [2.24, 2.45) is 0 Å². The topological polar surface area (TPSA) is 59.4 Å². The van der Waals surface area contributed by atoms with Crippen molar-refractivity contribution in [3.8, 4) is 17.2 Å². The van der Waals surface area contributed by atoms with Crippen LogP contribution in [0.1, 0.15) is 5.69 Å². The Bertz CT molecular complexity index is 891. The van der Waals surface area contributed by atoms with Gasteiger partial charge in [0.25, 0.3) is 0 Å². The number of H-pyrrole nitrogens is 1. The van der Waals surface area contributed by atoms with Gasteiger partial charge in [0, 0.05) is 23.7 Å². The highest BCUT2D eigenvalue weighted by molar-refractivity contribution is 5.85. The summed E-state index contributed by atoms with van der Waals surface area (Å²) in [6.45, 7) is 2.02. The van der Waals surface area contributed by atoms with E-state index >= 15 is 0 Å². The Morgan fingerprint density at radius 1 is 1.10 bits per heavy atom. The fourth-order valence-corrected chi connectivity index (χ4v) is 2.42. The first-order chi connectivity index (χ1) is 10.3. The summed E-state index contributed by atoms with van der Waals surface area (Å²) < 4.78 is 1.91. The van der Waals surface area contributed by atoms with E-state index in [9.17, 15) is 0 Å².